The third-order valence-corrected chi connectivity index (χ3v) is 5.35. The molecule has 0 radical (unpaired) electrons. The van der Waals surface area contributed by atoms with Crippen LogP contribution >= 0.6 is 11.3 Å². The van der Waals surface area contributed by atoms with E-state index in [1.807, 2.05) is 19.9 Å². The molecule has 0 saturated carbocycles. The number of halogens is 2. The lowest BCUT2D eigenvalue weighted by molar-refractivity contribution is 0.0973. The molecule has 0 aliphatic heterocycles. The predicted octanol–water partition coefficient (Wildman–Crippen LogP) is 4.59. The molecule has 3 aromatic heterocycles. The average molecular weight is 413 g/mol. The molecule has 148 valence electrons. The molecule has 1 aromatic carbocycles. The number of carbonyl (C=O) groups excluding carboxylic acids is 1. The second-order valence-electron chi connectivity index (χ2n) is 6.74. The monoisotopic (exact) mass is 413 g/mol. The lowest BCUT2D eigenvalue weighted by atomic mass is 10.2. The quantitative estimate of drug-likeness (QED) is 0.480. The third kappa shape index (κ3) is 3.73. The Labute approximate surface area is 169 Å². The summed E-state index contributed by atoms with van der Waals surface area (Å²) in [7, 11) is 0. The minimum Gasteiger partial charge on any atom is -0.278 e. The molecule has 0 aliphatic carbocycles. The Morgan fingerprint density at radius 3 is 2.79 bits per heavy atom. The molecular formula is C20H17F2N5OS. The maximum Gasteiger partial charge on any atom is 0.278 e. The van der Waals surface area contributed by atoms with E-state index in [1.54, 1.807) is 35.4 Å². The van der Waals surface area contributed by atoms with Gasteiger partial charge in [-0.05, 0) is 37.6 Å². The van der Waals surface area contributed by atoms with E-state index in [1.165, 1.54) is 11.0 Å². The van der Waals surface area contributed by atoms with Gasteiger partial charge in [0.1, 0.15) is 17.0 Å². The van der Waals surface area contributed by atoms with E-state index >= 15 is 0 Å². The summed E-state index contributed by atoms with van der Waals surface area (Å²) in [6, 6.07) is 7.21. The van der Waals surface area contributed by atoms with Gasteiger partial charge in [-0.15, -0.1) is 0 Å². The fraction of sp³-hybridized carbons (Fsp3) is 0.200. The molecule has 9 heteroatoms. The summed E-state index contributed by atoms with van der Waals surface area (Å²) >= 11 is 1.06. The van der Waals surface area contributed by atoms with Gasteiger partial charge >= 0.3 is 0 Å². The minimum absolute atomic E-state index is 0.0221. The number of rotatable bonds is 5. The molecule has 0 spiro atoms. The van der Waals surface area contributed by atoms with Crippen LogP contribution in [0.25, 0.3) is 10.2 Å². The number of nitrogens with zero attached hydrogens (tertiary/aromatic N) is 5. The number of carbonyl (C=O) groups is 1. The number of hydrogen-bond donors (Lipinski definition) is 0. The van der Waals surface area contributed by atoms with E-state index in [0.29, 0.717) is 10.4 Å². The number of thiazole rings is 1. The Morgan fingerprint density at radius 2 is 2.07 bits per heavy atom. The smallest absolute Gasteiger partial charge is 0.278 e. The van der Waals surface area contributed by atoms with Crippen molar-refractivity contribution in [3.05, 3.63) is 71.8 Å². The summed E-state index contributed by atoms with van der Waals surface area (Å²) in [6.07, 6.45) is 4.84. The predicted molar refractivity (Wildman–Crippen MR) is 107 cm³/mol. The first-order valence-electron chi connectivity index (χ1n) is 8.94. The lowest BCUT2D eigenvalue weighted by Crippen LogP contribution is -2.32. The second-order valence-corrected chi connectivity index (χ2v) is 7.75. The molecule has 0 aliphatic rings. The summed E-state index contributed by atoms with van der Waals surface area (Å²) in [5, 5.41) is 4.49. The van der Waals surface area contributed by atoms with Gasteiger partial charge in [-0.3, -0.25) is 19.4 Å². The van der Waals surface area contributed by atoms with Gasteiger partial charge < -0.3 is 0 Å². The van der Waals surface area contributed by atoms with Gasteiger partial charge in [-0.25, -0.2) is 13.8 Å². The zero-order valence-electron chi connectivity index (χ0n) is 15.7. The van der Waals surface area contributed by atoms with E-state index in [4.69, 9.17) is 0 Å². The topological polar surface area (TPSA) is 63.9 Å². The van der Waals surface area contributed by atoms with Gasteiger partial charge in [0.05, 0.1) is 11.2 Å². The Kier molecular flexibility index (Phi) is 5.06. The van der Waals surface area contributed by atoms with Gasteiger partial charge in [0, 0.05) is 30.7 Å². The minimum atomic E-state index is -0.761. The van der Waals surface area contributed by atoms with Crippen molar-refractivity contribution in [2.75, 3.05) is 4.90 Å². The highest BCUT2D eigenvalue weighted by molar-refractivity contribution is 7.22. The van der Waals surface area contributed by atoms with Crippen LogP contribution in [0, 0.1) is 11.6 Å². The average Bonchev–Trinajstić information content (AvgIpc) is 3.33. The Hall–Kier alpha value is -3.20. The largest absolute Gasteiger partial charge is 0.278 e. The fourth-order valence-corrected chi connectivity index (χ4v) is 4.00. The van der Waals surface area contributed by atoms with Gasteiger partial charge in [-0.2, -0.15) is 5.10 Å². The number of benzene rings is 1. The highest BCUT2D eigenvalue weighted by Gasteiger charge is 2.26. The van der Waals surface area contributed by atoms with Crippen molar-refractivity contribution in [1.82, 2.24) is 19.7 Å². The molecule has 6 nitrogen and oxygen atoms in total. The molecule has 3 heterocycles. The van der Waals surface area contributed by atoms with Crippen molar-refractivity contribution in [2.45, 2.75) is 26.4 Å². The first-order valence-corrected chi connectivity index (χ1v) is 9.75. The van der Waals surface area contributed by atoms with E-state index in [0.717, 1.165) is 23.0 Å². The first kappa shape index (κ1) is 19.1. The van der Waals surface area contributed by atoms with E-state index < -0.39 is 11.6 Å². The van der Waals surface area contributed by atoms with Crippen molar-refractivity contribution in [3.63, 3.8) is 0 Å². The summed E-state index contributed by atoms with van der Waals surface area (Å²) < 4.78 is 29.7. The molecule has 0 bridgehead atoms. The molecular weight excluding hydrogens is 396 g/mol. The molecule has 0 saturated heterocycles. The summed E-state index contributed by atoms with van der Waals surface area (Å²) in [4.78, 5) is 23.2. The number of fused-ring (bicyclic) bond motifs is 1. The summed E-state index contributed by atoms with van der Waals surface area (Å²) in [5.41, 5.74) is 1.20. The zero-order chi connectivity index (χ0) is 20.5. The molecule has 0 unspecified atom stereocenters. The maximum atomic E-state index is 14.2. The van der Waals surface area contributed by atoms with Crippen LogP contribution in [0.3, 0.4) is 0 Å². The number of pyridine rings is 1. The van der Waals surface area contributed by atoms with Crippen molar-refractivity contribution in [3.8, 4) is 0 Å². The standard InChI is InChI=1S/C20H17F2N5OS/c1-12(2)27-16(5-7-24-27)19(28)26(11-13-4-3-6-23-10-13)20-25-18-15(22)8-14(21)9-17(18)29-20/h3-10,12H,11H2,1-2H3. The van der Waals surface area contributed by atoms with E-state index in [2.05, 4.69) is 15.1 Å². The van der Waals surface area contributed by atoms with Crippen molar-refractivity contribution < 1.29 is 13.6 Å². The number of aromatic nitrogens is 4. The number of hydrogen-bond acceptors (Lipinski definition) is 5. The molecule has 0 fully saturated rings. The number of amides is 1. The highest BCUT2D eigenvalue weighted by Crippen LogP contribution is 2.33. The molecule has 4 aromatic rings. The molecule has 0 N–H and O–H groups in total. The fourth-order valence-electron chi connectivity index (χ4n) is 2.99. The van der Waals surface area contributed by atoms with Crippen LogP contribution in [0.2, 0.25) is 0 Å². The molecule has 4 rings (SSSR count). The summed E-state index contributed by atoms with van der Waals surface area (Å²) in [6.45, 7) is 4.02. The van der Waals surface area contributed by atoms with Crippen LogP contribution in [0.1, 0.15) is 35.9 Å². The van der Waals surface area contributed by atoms with Crippen molar-refractivity contribution in [2.24, 2.45) is 0 Å². The molecule has 29 heavy (non-hydrogen) atoms. The maximum absolute atomic E-state index is 14.2. The molecule has 1 amide bonds. The van der Waals surface area contributed by atoms with E-state index in [-0.39, 0.29) is 29.1 Å². The van der Waals surface area contributed by atoms with Crippen LogP contribution in [0.5, 0.6) is 0 Å². The zero-order valence-corrected chi connectivity index (χ0v) is 16.5. The van der Waals surface area contributed by atoms with Crippen molar-refractivity contribution in [1.29, 1.82) is 0 Å². The van der Waals surface area contributed by atoms with Gasteiger partial charge in [0.15, 0.2) is 10.9 Å². The normalized spacial score (nSPS) is 11.3. The van der Waals surface area contributed by atoms with Crippen LogP contribution in [-0.2, 0) is 6.54 Å². The lowest BCUT2D eigenvalue weighted by Gasteiger charge is -2.21. The van der Waals surface area contributed by atoms with E-state index in [9.17, 15) is 13.6 Å². The summed E-state index contributed by atoms with van der Waals surface area (Å²) in [5.74, 6) is -1.78. The first-order chi connectivity index (χ1) is 13.9. The van der Waals surface area contributed by atoms with Crippen LogP contribution < -0.4 is 4.90 Å². The Bertz CT molecular complexity index is 1170. The Balaban J connectivity index is 1.81. The number of anilines is 1. The second kappa shape index (κ2) is 7.67. The van der Waals surface area contributed by atoms with Crippen molar-refractivity contribution >= 4 is 32.6 Å². The van der Waals surface area contributed by atoms with Crippen LogP contribution in [0.15, 0.2) is 48.9 Å². The van der Waals surface area contributed by atoms with Gasteiger partial charge in [0.25, 0.3) is 5.91 Å². The SMILES string of the molecule is CC(C)n1nccc1C(=O)N(Cc1cccnc1)c1nc2c(F)cc(F)cc2s1. The van der Waals surface area contributed by atoms with Gasteiger partial charge in [-0.1, -0.05) is 17.4 Å². The Morgan fingerprint density at radius 1 is 1.24 bits per heavy atom. The van der Waals surface area contributed by atoms with Crippen LogP contribution in [-0.4, -0.2) is 25.7 Å². The molecule has 0 atom stereocenters. The third-order valence-electron chi connectivity index (χ3n) is 4.32. The van der Waals surface area contributed by atoms with Crippen LogP contribution in [0.4, 0.5) is 13.9 Å². The van der Waals surface area contributed by atoms with Gasteiger partial charge in [0.2, 0.25) is 0 Å². The highest BCUT2D eigenvalue weighted by atomic mass is 32.1.